The molecular weight excluding hydrogens is 419 g/mol. The number of phenolic OH excluding ortho intramolecular Hbond substituents is 2. The molecule has 0 aromatic heterocycles. The van der Waals surface area contributed by atoms with Crippen LogP contribution in [0.2, 0.25) is 10.0 Å². The van der Waals surface area contributed by atoms with Gasteiger partial charge in [-0.2, -0.15) is 0 Å². The molecule has 0 unspecified atom stereocenters. The van der Waals surface area contributed by atoms with E-state index in [1.165, 1.54) is 29.3 Å². The molecule has 0 radical (unpaired) electrons. The zero-order valence-electron chi connectivity index (χ0n) is 17.2. The van der Waals surface area contributed by atoms with Gasteiger partial charge in [-0.05, 0) is 75.3 Å². The molecule has 30 heavy (non-hydrogen) atoms. The molecule has 0 fully saturated rings. The van der Waals surface area contributed by atoms with Gasteiger partial charge in [-0.1, -0.05) is 58.6 Å². The molecule has 0 amide bonds. The fraction of sp³-hybridized carbons (Fsp3) is 0.320. The second-order valence-corrected chi connectivity index (χ2v) is 8.88. The Balaban J connectivity index is 1.97. The molecule has 2 aromatic carbocycles. The van der Waals surface area contributed by atoms with E-state index in [4.69, 9.17) is 23.2 Å². The number of hydrogen-bond donors (Lipinski definition) is 2. The maximum Gasteiger partial charge on any atom is 0.174 e. The topological polar surface area (TPSA) is 57.5 Å². The van der Waals surface area contributed by atoms with Crippen molar-refractivity contribution in [3.8, 4) is 11.5 Å². The zero-order chi connectivity index (χ0) is 21.8. The van der Waals surface area contributed by atoms with Gasteiger partial charge in [-0.3, -0.25) is 4.79 Å². The summed E-state index contributed by atoms with van der Waals surface area (Å²) in [6.07, 6.45) is 7.44. The second kappa shape index (κ2) is 9.72. The fourth-order valence-corrected chi connectivity index (χ4v) is 4.65. The molecule has 2 N–H and O–H groups in total. The van der Waals surface area contributed by atoms with Gasteiger partial charge in [0.25, 0.3) is 0 Å². The third-order valence-electron chi connectivity index (χ3n) is 5.61. The molecule has 2 atom stereocenters. The monoisotopic (exact) mass is 444 g/mol. The van der Waals surface area contributed by atoms with Gasteiger partial charge < -0.3 is 10.2 Å². The van der Waals surface area contributed by atoms with Gasteiger partial charge in [0.2, 0.25) is 0 Å². The molecule has 1 aliphatic carbocycles. The standard InChI is InChI=1S/C25H26Cl2O3/c1-15(2)5-3-6-16-9-11-19(25(30)24-22(28)7-4-8-23(24)29)20(13-16)18-12-10-17(26)14-21(18)27/h4-5,7-10,12,14,19-20,28-29H,3,6,11,13H2,1-2H3/t19-,20+/m0/s1. The van der Waals surface area contributed by atoms with Crippen LogP contribution in [-0.2, 0) is 0 Å². The summed E-state index contributed by atoms with van der Waals surface area (Å²) in [6.45, 7) is 4.16. The molecule has 158 valence electrons. The van der Waals surface area contributed by atoms with Gasteiger partial charge in [0.15, 0.2) is 5.78 Å². The average Bonchev–Trinajstić information content (AvgIpc) is 2.67. The van der Waals surface area contributed by atoms with E-state index in [9.17, 15) is 15.0 Å². The van der Waals surface area contributed by atoms with Crippen LogP contribution < -0.4 is 0 Å². The van der Waals surface area contributed by atoms with Crippen LogP contribution in [0.5, 0.6) is 11.5 Å². The van der Waals surface area contributed by atoms with Crippen LogP contribution >= 0.6 is 23.2 Å². The molecule has 3 nitrogen and oxygen atoms in total. The van der Waals surface area contributed by atoms with Crippen molar-refractivity contribution < 1.29 is 15.0 Å². The summed E-state index contributed by atoms with van der Waals surface area (Å²) in [4.78, 5) is 13.4. The fourth-order valence-electron chi connectivity index (χ4n) is 4.10. The molecule has 0 saturated carbocycles. The Morgan fingerprint density at radius 2 is 1.83 bits per heavy atom. The number of carbonyl (C=O) groups excluding carboxylic acids is 1. The van der Waals surface area contributed by atoms with Crippen LogP contribution in [0.15, 0.2) is 59.7 Å². The molecule has 3 rings (SSSR count). The maximum atomic E-state index is 13.4. The van der Waals surface area contributed by atoms with Gasteiger partial charge in [0.1, 0.15) is 17.1 Å². The quantitative estimate of drug-likeness (QED) is 0.359. The molecule has 0 saturated heterocycles. The van der Waals surface area contributed by atoms with Crippen molar-refractivity contribution in [1.29, 1.82) is 0 Å². The molecule has 5 heteroatoms. The minimum absolute atomic E-state index is 0.0287. The normalized spacial score (nSPS) is 18.6. The Bertz CT molecular complexity index is 983. The number of Topliss-reactive ketones (excluding diaryl/α,β-unsaturated/α-hetero) is 1. The summed E-state index contributed by atoms with van der Waals surface area (Å²) in [5.74, 6) is -1.29. The lowest BCUT2D eigenvalue weighted by Crippen LogP contribution is -2.26. The highest BCUT2D eigenvalue weighted by atomic mass is 35.5. The Morgan fingerprint density at radius 1 is 1.13 bits per heavy atom. The number of rotatable bonds is 6. The number of hydrogen-bond acceptors (Lipinski definition) is 3. The van der Waals surface area contributed by atoms with E-state index >= 15 is 0 Å². The summed E-state index contributed by atoms with van der Waals surface area (Å²) in [7, 11) is 0. The molecule has 1 aliphatic rings. The number of phenols is 2. The molecule has 0 bridgehead atoms. The van der Waals surface area contributed by atoms with E-state index < -0.39 is 5.92 Å². The van der Waals surface area contributed by atoms with E-state index in [1.807, 2.05) is 6.07 Å². The highest BCUT2D eigenvalue weighted by Crippen LogP contribution is 2.45. The summed E-state index contributed by atoms with van der Waals surface area (Å²) >= 11 is 12.6. The van der Waals surface area contributed by atoms with E-state index in [-0.39, 0.29) is 28.8 Å². The summed E-state index contributed by atoms with van der Waals surface area (Å²) in [5, 5.41) is 21.5. The number of ketones is 1. The van der Waals surface area contributed by atoms with Gasteiger partial charge in [-0.15, -0.1) is 0 Å². The number of aromatic hydroxyl groups is 2. The van der Waals surface area contributed by atoms with Gasteiger partial charge >= 0.3 is 0 Å². The highest BCUT2D eigenvalue weighted by Gasteiger charge is 2.36. The van der Waals surface area contributed by atoms with Gasteiger partial charge in [-0.25, -0.2) is 0 Å². The first kappa shape index (κ1) is 22.5. The van der Waals surface area contributed by atoms with Crippen LogP contribution in [0.4, 0.5) is 0 Å². The van der Waals surface area contributed by atoms with Crippen molar-refractivity contribution in [2.24, 2.45) is 5.92 Å². The van der Waals surface area contributed by atoms with E-state index in [0.29, 0.717) is 22.9 Å². The first-order chi connectivity index (χ1) is 14.3. The van der Waals surface area contributed by atoms with E-state index in [1.54, 1.807) is 12.1 Å². The predicted molar refractivity (Wildman–Crippen MR) is 123 cm³/mol. The second-order valence-electron chi connectivity index (χ2n) is 8.04. The number of allylic oxidation sites excluding steroid dienone is 4. The molecule has 0 spiro atoms. The average molecular weight is 445 g/mol. The summed E-state index contributed by atoms with van der Waals surface area (Å²) < 4.78 is 0. The van der Waals surface area contributed by atoms with Gasteiger partial charge in [0.05, 0.1) is 0 Å². The van der Waals surface area contributed by atoms with E-state index in [2.05, 4.69) is 26.0 Å². The van der Waals surface area contributed by atoms with Crippen LogP contribution in [0.1, 0.15) is 61.4 Å². The lowest BCUT2D eigenvalue weighted by molar-refractivity contribution is 0.0889. The molecule has 0 heterocycles. The Labute approximate surface area is 187 Å². The number of halogens is 2. The minimum Gasteiger partial charge on any atom is -0.507 e. The minimum atomic E-state index is -0.435. The third kappa shape index (κ3) is 5.08. The predicted octanol–water partition coefficient (Wildman–Crippen LogP) is 7.45. The van der Waals surface area contributed by atoms with Crippen molar-refractivity contribution in [2.45, 2.75) is 45.4 Å². The van der Waals surface area contributed by atoms with Crippen molar-refractivity contribution in [3.63, 3.8) is 0 Å². The Morgan fingerprint density at radius 3 is 2.47 bits per heavy atom. The van der Waals surface area contributed by atoms with Crippen molar-refractivity contribution in [2.75, 3.05) is 0 Å². The lowest BCUT2D eigenvalue weighted by atomic mass is 9.72. The summed E-state index contributed by atoms with van der Waals surface area (Å²) in [6, 6.07) is 9.69. The van der Waals surface area contributed by atoms with Crippen LogP contribution in [0, 0.1) is 5.92 Å². The zero-order valence-corrected chi connectivity index (χ0v) is 18.7. The van der Waals surface area contributed by atoms with Crippen molar-refractivity contribution in [1.82, 2.24) is 0 Å². The SMILES string of the molecule is CC(C)=CCCC1=CC[C@H](C(=O)c2c(O)cccc2O)[C@@H](c2ccc(Cl)cc2Cl)C1. The first-order valence-corrected chi connectivity index (χ1v) is 10.8. The third-order valence-corrected chi connectivity index (χ3v) is 6.17. The number of carbonyl (C=O) groups is 1. The Hall–Kier alpha value is -2.23. The lowest BCUT2D eigenvalue weighted by Gasteiger charge is -2.32. The summed E-state index contributed by atoms with van der Waals surface area (Å²) in [5.41, 5.74) is 3.40. The maximum absolute atomic E-state index is 13.4. The Kier molecular flexibility index (Phi) is 7.27. The largest absolute Gasteiger partial charge is 0.507 e. The highest BCUT2D eigenvalue weighted by molar-refractivity contribution is 6.35. The number of benzene rings is 2. The van der Waals surface area contributed by atoms with Crippen molar-refractivity contribution >= 4 is 29.0 Å². The molecule has 0 aliphatic heterocycles. The molecule has 2 aromatic rings. The molecular formula is C25H26Cl2O3. The smallest absolute Gasteiger partial charge is 0.174 e. The van der Waals surface area contributed by atoms with Crippen LogP contribution in [-0.4, -0.2) is 16.0 Å². The van der Waals surface area contributed by atoms with E-state index in [0.717, 1.165) is 18.4 Å². The van der Waals surface area contributed by atoms with Crippen molar-refractivity contribution in [3.05, 3.63) is 80.9 Å². The van der Waals surface area contributed by atoms with Crippen LogP contribution in [0.25, 0.3) is 0 Å². The van der Waals surface area contributed by atoms with Crippen LogP contribution in [0.3, 0.4) is 0 Å². The first-order valence-electron chi connectivity index (χ1n) is 10.1. The van der Waals surface area contributed by atoms with Gasteiger partial charge in [0, 0.05) is 16.0 Å².